The third-order valence-electron chi connectivity index (χ3n) is 11.6. The van der Waals surface area contributed by atoms with E-state index in [1.165, 1.54) is 28.4 Å². The Hall–Kier alpha value is -7.23. The fourth-order valence-corrected chi connectivity index (χ4v) is 13.7. The largest absolute Gasteiger partial charge is 0.612 e. The van der Waals surface area contributed by atoms with Crippen molar-refractivity contribution in [1.29, 1.82) is 0 Å². The van der Waals surface area contributed by atoms with Gasteiger partial charge in [-0.3, -0.25) is 25.1 Å². The van der Waals surface area contributed by atoms with Gasteiger partial charge in [0.1, 0.15) is 28.7 Å². The minimum atomic E-state index is -2.30. The maximum atomic E-state index is 15.7. The number of carbonyl (C=O) groups is 4. The fraction of sp³-hybridized carbons (Fsp3) is 0.208. The van der Waals surface area contributed by atoms with Gasteiger partial charge in [-0.15, -0.1) is 23.1 Å². The molecule has 2 aliphatic heterocycles. The Balaban J connectivity index is 1.19. The number of thioether (sulfide) groups is 2. The number of fused-ring (bicyclic) bond motifs is 1. The van der Waals surface area contributed by atoms with Crippen LogP contribution in [0, 0.1) is 0 Å². The lowest BCUT2D eigenvalue weighted by molar-refractivity contribution is -0.152. The first-order chi connectivity index (χ1) is 35.3. The van der Waals surface area contributed by atoms with Gasteiger partial charge in [-0.05, 0) is 31.9 Å². The topological polar surface area (TPSA) is 202 Å². The highest BCUT2D eigenvalue weighted by atomic mass is 32.2. The van der Waals surface area contributed by atoms with Crippen LogP contribution in [0.4, 0.5) is 9.93 Å². The van der Waals surface area contributed by atoms with Gasteiger partial charge < -0.3 is 18.9 Å². The number of oxime groups is 1. The van der Waals surface area contributed by atoms with E-state index in [9.17, 15) is 14.4 Å². The molecule has 2 aliphatic rings. The Labute approximate surface area is 436 Å². The summed E-state index contributed by atoms with van der Waals surface area (Å²) in [5, 5.41) is 15.2. The Morgan fingerprint density at radius 2 is 1.41 bits per heavy atom. The fourth-order valence-electron chi connectivity index (χ4n) is 8.37. The van der Waals surface area contributed by atoms with Gasteiger partial charge in [0.15, 0.2) is 22.1 Å². The summed E-state index contributed by atoms with van der Waals surface area (Å²) in [6.07, 6.45) is 0.315. The summed E-state index contributed by atoms with van der Waals surface area (Å²) in [5.41, 5.74) is 0.946. The number of benzene rings is 5. The summed E-state index contributed by atoms with van der Waals surface area (Å²) in [6, 6.07) is 46.6. The summed E-state index contributed by atoms with van der Waals surface area (Å²) >= 11 is 0.963. The maximum Gasteiger partial charge on any atom is 0.413 e. The lowest BCUT2D eigenvalue weighted by atomic mass is 9.80. The zero-order valence-corrected chi connectivity index (χ0v) is 43.1. The molecule has 5 aromatic carbocycles. The maximum absolute atomic E-state index is 15.7. The Kier molecular flexibility index (Phi) is 15.2. The molecule has 0 spiro atoms. The van der Waals surface area contributed by atoms with Crippen molar-refractivity contribution in [3.8, 4) is 0 Å². The van der Waals surface area contributed by atoms with E-state index >= 15 is 9.35 Å². The van der Waals surface area contributed by atoms with Crippen LogP contribution in [-0.4, -0.2) is 75.4 Å². The average Bonchev–Trinajstić information content (AvgIpc) is 4.04. The second-order valence-electron chi connectivity index (χ2n) is 17.5. The van der Waals surface area contributed by atoms with E-state index in [0.717, 1.165) is 29.3 Å². The molecular weight excluding hydrogens is 1000 g/mol. The van der Waals surface area contributed by atoms with Crippen molar-refractivity contribution in [2.75, 3.05) is 10.4 Å². The number of amides is 3. The number of carbonyl (C=O) groups excluding carboxylic acids is 4. The standard InChI is InChI=1S/C53H48N8O8S4/c1-51(2,3)68-50(65)58-48-57-40(32-70-48)53(59-41(62)31-56-69-52(37-24-14-7-15-25-37,38-26-16-8-17-27-38)39-28-18-9-19-29-39)46(71-34-72-49-54-33-55-60(49)4)44(61-42(63)30-43(61)73(53)66)47(64)67-45(35-20-10-5-11-21-35)36-22-12-6-13-23-36/h5-29,31-33,43,45H,30,34H2,1-4H3,(H,59,62)(H,57,58,65)/b56-31-/t43-,53?,73?/m0/s1. The highest BCUT2D eigenvalue weighted by Gasteiger charge is 2.67. The van der Waals surface area contributed by atoms with Gasteiger partial charge in [0, 0.05) is 40.3 Å². The predicted octanol–water partition coefficient (Wildman–Crippen LogP) is 9.23. The predicted molar refractivity (Wildman–Crippen MR) is 281 cm³/mol. The van der Waals surface area contributed by atoms with Gasteiger partial charge >= 0.3 is 12.1 Å². The van der Waals surface area contributed by atoms with Crippen LogP contribution in [0.1, 0.15) is 66.8 Å². The summed E-state index contributed by atoms with van der Waals surface area (Å²) in [5.74, 6) is -2.32. The number of esters is 1. The smallest absolute Gasteiger partial charge is 0.413 e. The second kappa shape index (κ2) is 21.9. The number of nitrogens with one attached hydrogen (secondary N) is 2. The number of β-lactam (4-membered cyclic amide) rings is 1. The SMILES string of the molecule is Cn1ncnc1SCSC1=C(C(=O)OC(c2ccccc2)c2ccccc2)N2C(=O)C[C@@H]2[S+]([O-])C1(NC(=O)/C=N\OC(c1ccccc1)(c1ccccc1)c1ccccc1)c1csc(NC(=O)OC(C)(C)C)n1. The van der Waals surface area contributed by atoms with E-state index in [2.05, 4.69) is 25.9 Å². The van der Waals surface area contributed by atoms with Crippen molar-refractivity contribution in [2.24, 2.45) is 12.2 Å². The van der Waals surface area contributed by atoms with E-state index in [1.807, 2.05) is 152 Å². The summed E-state index contributed by atoms with van der Waals surface area (Å²) in [7, 11) is 1.72. The lowest BCUT2D eigenvalue weighted by Gasteiger charge is -2.51. The molecule has 0 aliphatic carbocycles. The number of aromatic nitrogens is 4. The van der Waals surface area contributed by atoms with Crippen LogP contribution in [0.2, 0.25) is 0 Å². The number of aryl methyl sites for hydroxylation is 1. The highest BCUT2D eigenvalue weighted by Crippen LogP contribution is 2.55. The quantitative estimate of drug-likeness (QED) is 0.0128. The Bertz CT molecular complexity index is 3000. The third-order valence-corrected chi connectivity index (χ3v) is 16.8. The van der Waals surface area contributed by atoms with Gasteiger partial charge in [-0.25, -0.2) is 24.2 Å². The first kappa shape index (κ1) is 50.7. The molecule has 7 aromatic rings. The molecular formula is C53H48N8O8S4. The van der Waals surface area contributed by atoms with Crippen LogP contribution >= 0.6 is 34.9 Å². The van der Waals surface area contributed by atoms with Gasteiger partial charge in [-0.2, -0.15) is 5.10 Å². The number of hydrogen-bond acceptors (Lipinski definition) is 15. The molecule has 1 saturated heterocycles. The molecule has 1 fully saturated rings. The number of nitrogens with zero attached hydrogens (tertiary/aromatic N) is 6. The molecule has 0 saturated carbocycles. The lowest BCUT2D eigenvalue weighted by Crippen LogP contribution is -2.69. The normalized spacial score (nSPS) is 17.7. The van der Waals surface area contributed by atoms with Crippen molar-refractivity contribution >= 4 is 81.3 Å². The number of hydrogen-bond donors (Lipinski definition) is 2. The van der Waals surface area contributed by atoms with Crippen LogP contribution in [-0.2, 0) is 57.4 Å². The minimum Gasteiger partial charge on any atom is -0.612 e. The molecule has 20 heteroatoms. The van der Waals surface area contributed by atoms with Crippen molar-refractivity contribution in [2.45, 2.75) is 59.9 Å². The molecule has 2 unspecified atom stereocenters. The van der Waals surface area contributed by atoms with Crippen LogP contribution < -0.4 is 10.6 Å². The molecule has 2 aromatic heterocycles. The minimum absolute atomic E-state index is 0.0186. The summed E-state index contributed by atoms with van der Waals surface area (Å²) < 4.78 is 29.3. The van der Waals surface area contributed by atoms with E-state index in [4.69, 9.17) is 19.3 Å². The van der Waals surface area contributed by atoms with Crippen molar-refractivity contribution < 1.29 is 38.0 Å². The van der Waals surface area contributed by atoms with Crippen LogP contribution in [0.3, 0.4) is 0 Å². The van der Waals surface area contributed by atoms with Gasteiger partial charge in [-0.1, -0.05) is 169 Å². The Morgan fingerprint density at radius 1 is 0.863 bits per heavy atom. The van der Waals surface area contributed by atoms with Crippen LogP contribution in [0.25, 0.3) is 0 Å². The van der Waals surface area contributed by atoms with Gasteiger partial charge in [0.25, 0.3) is 10.8 Å². The Morgan fingerprint density at radius 3 is 1.92 bits per heavy atom. The highest BCUT2D eigenvalue weighted by molar-refractivity contribution is 8.18. The molecule has 2 N–H and O–H groups in total. The van der Waals surface area contributed by atoms with Crippen molar-refractivity contribution in [3.05, 3.63) is 207 Å². The number of rotatable bonds is 17. The molecule has 0 radical (unpaired) electrons. The van der Waals surface area contributed by atoms with Gasteiger partial charge in [0.05, 0.1) is 11.5 Å². The van der Waals surface area contributed by atoms with Crippen LogP contribution in [0.15, 0.2) is 184 Å². The zero-order chi connectivity index (χ0) is 51.2. The number of thiazole rings is 1. The molecule has 9 rings (SSSR count). The first-order valence-corrected chi connectivity index (χ1v) is 26.9. The molecule has 16 nitrogen and oxygen atoms in total. The second-order valence-corrected chi connectivity index (χ2v) is 22.4. The monoisotopic (exact) mass is 1050 g/mol. The number of ether oxygens (including phenoxy) is 2. The average molecular weight is 1050 g/mol. The van der Waals surface area contributed by atoms with E-state index in [-0.39, 0.29) is 32.9 Å². The molecule has 4 heterocycles. The van der Waals surface area contributed by atoms with E-state index in [0.29, 0.717) is 33.0 Å². The van der Waals surface area contributed by atoms with Crippen molar-refractivity contribution in [3.63, 3.8) is 0 Å². The van der Waals surface area contributed by atoms with E-state index < -0.39 is 62.6 Å². The number of anilines is 1. The summed E-state index contributed by atoms with van der Waals surface area (Å²) in [4.78, 5) is 72.1. The van der Waals surface area contributed by atoms with Gasteiger partial charge in [0.2, 0.25) is 16.9 Å². The first-order valence-electron chi connectivity index (χ1n) is 22.8. The third kappa shape index (κ3) is 10.7. The molecule has 0 bridgehead atoms. The molecule has 372 valence electrons. The summed E-state index contributed by atoms with van der Waals surface area (Å²) in [6.45, 7) is 5.14. The van der Waals surface area contributed by atoms with Crippen molar-refractivity contribution in [1.82, 2.24) is 30.0 Å². The van der Waals surface area contributed by atoms with Crippen LogP contribution in [0.5, 0.6) is 0 Å². The molecule has 3 atom stereocenters. The molecule has 73 heavy (non-hydrogen) atoms. The van der Waals surface area contributed by atoms with E-state index in [1.54, 1.807) is 32.5 Å². The molecule has 3 amide bonds. The zero-order valence-electron chi connectivity index (χ0n) is 39.8.